The standard InChI is InChI=1S/C16H24N6O2S/c1-20(2)25(23,24)22-6-4-5-13(11-22)7-15-9-17-10-16(19-15)14-8-18-21(3)12-14/h8-10,12-13H,4-7,11H2,1-3H3/t13-/m1/s1. The Morgan fingerprint density at radius 3 is 2.76 bits per heavy atom. The number of rotatable bonds is 5. The average molecular weight is 364 g/mol. The van der Waals surface area contributed by atoms with Crippen molar-refractivity contribution in [2.75, 3.05) is 27.2 Å². The molecule has 3 rings (SSSR count). The zero-order valence-corrected chi connectivity index (χ0v) is 15.6. The van der Waals surface area contributed by atoms with Gasteiger partial charge in [0.2, 0.25) is 0 Å². The minimum Gasteiger partial charge on any atom is -0.275 e. The van der Waals surface area contributed by atoms with E-state index in [2.05, 4.69) is 15.1 Å². The summed E-state index contributed by atoms with van der Waals surface area (Å²) in [7, 11) is 1.65. The molecule has 2 aromatic heterocycles. The van der Waals surface area contributed by atoms with Gasteiger partial charge in [0.15, 0.2) is 0 Å². The summed E-state index contributed by atoms with van der Waals surface area (Å²) in [5, 5.41) is 4.16. The van der Waals surface area contributed by atoms with Crippen molar-refractivity contribution in [2.24, 2.45) is 13.0 Å². The van der Waals surface area contributed by atoms with Gasteiger partial charge in [0.25, 0.3) is 10.2 Å². The molecule has 0 unspecified atom stereocenters. The van der Waals surface area contributed by atoms with Crippen LogP contribution in [-0.4, -0.2) is 64.0 Å². The largest absolute Gasteiger partial charge is 0.281 e. The first-order chi connectivity index (χ1) is 11.9. The highest BCUT2D eigenvalue weighted by atomic mass is 32.2. The second kappa shape index (κ2) is 7.19. The van der Waals surface area contributed by atoms with Crippen LogP contribution in [0.2, 0.25) is 0 Å². The van der Waals surface area contributed by atoms with Gasteiger partial charge in [-0.3, -0.25) is 9.67 Å². The fourth-order valence-corrected chi connectivity index (χ4v) is 4.35. The van der Waals surface area contributed by atoms with E-state index in [1.54, 1.807) is 41.7 Å². The first-order valence-electron chi connectivity index (χ1n) is 8.34. The van der Waals surface area contributed by atoms with Gasteiger partial charge in [0.1, 0.15) is 0 Å². The van der Waals surface area contributed by atoms with Crippen LogP contribution in [0.4, 0.5) is 0 Å². The third-order valence-electron chi connectivity index (χ3n) is 4.45. The fraction of sp³-hybridized carbons (Fsp3) is 0.562. The van der Waals surface area contributed by atoms with E-state index in [-0.39, 0.29) is 5.92 Å². The smallest absolute Gasteiger partial charge is 0.275 e. The Morgan fingerprint density at radius 2 is 2.08 bits per heavy atom. The molecule has 0 spiro atoms. The fourth-order valence-electron chi connectivity index (χ4n) is 3.13. The van der Waals surface area contributed by atoms with Gasteiger partial charge in [-0.2, -0.15) is 22.1 Å². The summed E-state index contributed by atoms with van der Waals surface area (Å²) >= 11 is 0. The molecule has 1 aliphatic rings. The summed E-state index contributed by atoms with van der Waals surface area (Å²) in [6.07, 6.45) is 9.75. The SMILES string of the molecule is CN(C)S(=O)(=O)N1CCC[C@H](Cc2cncc(-c3cnn(C)c3)n2)C1. The van der Waals surface area contributed by atoms with E-state index in [1.165, 1.54) is 4.31 Å². The third kappa shape index (κ3) is 4.05. The lowest BCUT2D eigenvalue weighted by Gasteiger charge is -2.33. The molecule has 0 radical (unpaired) electrons. The first kappa shape index (κ1) is 18.0. The number of nitrogens with zero attached hydrogens (tertiary/aromatic N) is 6. The lowest BCUT2D eigenvalue weighted by molar-refractivity contribution is 0.253. The quantitative estimate of drug-likeness (QED) is 0.788. The molecule has 2 aromatic rings. The van der Waals surface area contributed by atoms with Crippen molar-refractivity contribution >= 4 is 10.2 Å². The Labute approximate surface area is 148 Å². The number of hydrogen-bond acceptors (Lipinski definition) is 5. The maximum Gasteiger partial charge on any atom is 0.281 e. The minimum absolute atomic E-state index is 0.252. The molecule has 25 heavy (non-hydrogen) atoms. The molecule has 9 heteroatoms. The maximum atomic E-state index is 12.3. The number of aryl methyl sites for hydroxylation is 1. The molecule has 1 saturated heterocycles. The van der Waals surface area contributed by atoms with Crippen molar-refractivity contribution in [2.45, 2.75) is 19.3 Å². The van der Waals surface area contributed by atoms with Gasteiger partial charge >= 0.3 is 0 Å². The molecule has 1 atom stereocenters. The van der Waals surface area contributed by atoms with E-state index in [0.717, 1.165) is 36.2 Å². The zero-order chi connectivity index (χ0) is 18.0. The second-order valence-corrected chi connectivity index (χ2v) is 8.80. The molecule has 0 bridgehead atoms. The molecule has 0 aliphatic carbocycles. The molecule has 1 aliphatic heterocycles. The summed E-state index contributed by atoms with van der Waals surface area (Å²) in [6.45, 7) is 1.11. The van der Waals surface area contributed by atoms with Crippen LogP contribution >= 0.6 is 0 Å². The van der Waals surface area contributed by atoms with E-state index in [9.17, 15) is 8.42 Å². The molecule has 0 amide bonds. The topological polar surface area (TPSA) is 84.2 Å². The van der Waals surface area contributed by atoms with Gasteiger partial charge in [-0.25, -0.2) is 4.98 Å². The van der Waals surface area contributed by atoms with E-state index in [4.69, 9.17) is 0 Å². The van der Waals surface area contributed by atoms with Crippen molar-refractivity contribution in [1.82, 2.24) is 28.4 Å². The van der Waals surface area contributed by atoms with Gasteiger partial charge in [0, 0.05) is 52.2 Å². The Morgan fingerprint density at radius 1 is 1.28 bits per heavy atom. The van der Waals surface area contributed by atoms with Crippen molar-refractivity contribution in [3.05, 3.63) is 30.5 Å². The third-order valence-corrected chi connectivity index (χ3v) is 6.36. The number of hydrogen-bond donors (Lipinski definition) is 0. The molecule has 136 valence electrons. The second-order valence-electron chi connectivity index (χ2n) is 6.66. The predicted molar refractivity (Wildman–Crippen MR) is 94.8 cm³/mol. The van der Waals surface area contributed by atoms with Crippen LogP contribution in [0.1, 0.15) is 18.5 Å². The summed E-state index contributed by atoms with van der Waals surface area (Å²) in [5.74, 6) is 0.252. The summed E-state index contributed by atoms with van der Waals surface area (Å²) in [4.78, 5) is 8.97. The first-order valence-corrected chi connectivity index (χ1v) is 9.73. The number of piperidine rings is 1. The molecule has 3 heterocycles. The van der Waals surface area contributed by atoms with Crippen LogP contribution in [0, 0.1) is 5.92 Å². The summed E-state index contributed by atoms with van der Waals surface area (Å²) < 4.78 is 29.3. The number of aromatic nitrogens is 4. The van der Waals surface area contributed by atoms with E-state index in [1.807, 2.05) is 13.2 Å². The molecule has 8 nitrogen and oxygen atoms in total. The Kier molecular flexibility index (Phi) is 5.16. The van der Waals surface area contributed by atoms with Crippen LogP contribution < -0.4 is 0 Å². The van der Waals surface area contributed by atoms with Crippen LogP contribution in [0.15, 0.2) is 24.8 Å². The van der Waals surface area contributed by atoms with Crippen molar-refractivity contribution in [1.29, 1.82) is 0 Å². The van der Waals surface area contributed by atoms with Gasteiger partial charge in [-0.05, 0) is 25.2 Å². The average Bonchev–Trinajstić information content (AvgIpc) is 3.02. The monoisotopic (exact) mass is 364 g/mol. The van der Waals surface area contributed by atoms with E-state index < -0.39 is 10.2 Å². The van der Waals surface area contributed by atoms with Gasteiger partial charge in [-0.15, -0.1) is 0 Å². The Hall–Kier alpha value is -1.84. The lowest BCUT2D eigenvalue weighted by atomic mass is 9.95. The van der Waals surface area contributed by atoms with Crippen molar-refractivity contribution in [3.8, 4) is 11.3 Å². The molecule has 0 saturated carbocycles. The van der Waals surface area contributed by atoms with E-state index in [0.29, 0.717) is 13.1 Å². The van der Waals surface area contributed by atoms with Gasteiger partial charge in [-0.1, -0.05) is 0 Å². The molecule has 0 aromatic carbocycles. The van der Waals surface area contributed by atoms with Gasteiger partial charge in [0.05, 0.1) is 23.8 Å². The molecular weight excluding hydrogens is 340 g/mol. The Bertz CT molecular complexity index is 833. The molecule has 0 N–H and O–H groups in total. The molecule has 1 fully saturated rings. The highest BCUT2D eigenvalue weighted by molar-refractivity contribution is 7.86. The van der Waals surface area contributed by atoms with Crippen molar-refractivity contribution in [3.63, 3.8) is 0 Å². The van der Waals surface area contributed by atoms with E-state index >= 15 is 0 Å². The zero-order valence-electron chi connectivity index (χ0n) is 14.8. The van der Waals surface area contributed by atoms with Gasteiger partial charge < -0.3 is 0 Å². The van der Waals surface area contributed by atoms with Crippen LogP contribution in [-0.2, 0) is 23.7 Å². The van der Waals surface area contributed by atoms with Crippen LogP contribution in [0.25, 0.3) is 11.3 Å². The predicted octanol–water partition coefficient (Wildman–Crippen LogP) is 0.938. The highest BCUT2D eigenvalue weighted by Gasteiger charge is 2.30. The normalized spacial score (nSPS) is 19.4. The Balaban J connectivity index is 1.72. The summed E-state index contributed by atoms with van der Waals surface area (Å²) in [5.41, 5.74) is 2.60. The molecular formula is C16H24N6O2S. The minimum atomic E-state index is -3.35. The lowest BCUT2D eigenvalue weighted by Crippen LogP contribution is -2.45. The van der Waals surface area contributed by atoms with Crippen molar-refractivity contribution < 1.29 is 8.42 Å². The highest BCUT2D eigenvalue weighted by Crippen LogP contribution is 2.24. The van der Waals surface area contributed by atoms with Crippen LogP contribution in [0.5, 0.6) is 0 Å². The van der Waals surface area contributed by atoms with Crippen LogP contribution in [0.3, 0.4) is 0 Å². The maximum absolute atomic E-state index is 12.3. The summed E-state index contributed by atoms with van der Waals surface area (Å²) in [6, 6.07) is 0.